The maximum Gasteiger partial charge on any atom is 0.291 e. The molecule has 0 saturated carbocycles. The Labute approximate surface area is 219 Å². The highest BCUT2D eigenvalue weighted by molar-refractivity contribution is 5.92. The third-order valence-corrected chi connectivity index (χ3v) is 9.65. The third-order valence-electron chi connectivity index (χ3n) is 9.65. The Hall–Kier alpha value is -2.95. The fraction of sp³-hybridized carbons (Fsp3) is 0.567. The van der Waals surface area contributed by atoms with Crippen LogP contribution in [-0.2, 0) is 4.74 Å². The second-order valence-corrected chi connectivity index (χ2v) is 12.5. The van der Waals surface area contributed by atoms with Crippen molar-refractivity contribution >= 4 is 5.91 Å². The highest BCUT2D eigenvalue weighted by atomic mass is 16.5. The van der Waals surface area contributed by atoms with Crippen LogP contribution in [0.2, 0.25) is 0 Å². The first kappa shape index (κ1) is 25.7. The van der Waals surface area contributed by atoms with Gasteiger partial charge in [0.2, 0.25) is 0 Å². The van der Waals surface area contributed by atoms with Gasteiger partial charge in [-0.15, -0.1) is 0 Å². The average molecular weight is 503 g/mol. The van der Waals surface area contributed by atoms with Crippen molar-refractivity contribution in [2.75, 3.05) is 0 Å². The van der Waals surface area contributed by atoms with Gasteiger partial charge in [0.25, 0.3) is 5.91 Å². The van der Waals surface area contributed by atoms with Crippen LogP contribution >= 0.6 is 0 Å². The number of allylic oxidation sites excluding steroid dienone is 4. The minimum absolute atomic E-state index is 0.103. The molecule has 2 aliphatic heterocycles. The number of H-pyrrole nitrogens is 1. The van der Waals surface area contributed by atoms with E-state index in [-0.39, 0.29) is 40.6 Å². The highest BCUT2D eigenvalue weighted by Crippen LogP contribution is 2.58. The van der Waals surface area contributed by atoms with Crippen molar-refractivity contribution in [3.8, 4) is 6.07 Å². The van der Waals surface area contributed by atoms with Gasteiger partial charge in [-0.3, -0.25) is 4.79 Å². The van der Waals surface area contributed by atoms with Gasteiger partial charge < -0.3 is 20.1 Å². The molecular weight excluding hydrogens is 464 g/mol. The van der Waals surface area contributed by atoms with E-state index in [4.69, 9.17) is 10.00 Å². The lowest BCUT2D eigenvalue weighted by molar-refractivity contribution is -0.264. The predicted octanol–water partition coefficient (Wildman–Crippen LogP) is 5.10. The number of amides is 1. The number of aliphatic hydroxyl groups is 1. The van der Waals surface area contributed by atoms with Gasteiger partial charge >= 0.3 is 0 Å². The minimum Gasteiger partial charge on any atom is -0.388 e. The molecule has 0 spiro atoms. The van der Waals surface area contributed by atoms with Gasteiger partial charge in [-0.2, -0.15) is 5.26 Å². The lowest BCUT2D eigenvalue weighted by atomic mass is 9.58. The van der Waals surface area contributed by atoms with Gasteiger partial charge in [0.1, 0.15) is 11.8 Å². The van der Waals surface area contributed by atoms with Gasteiger partial charge in [-0.05, 0) is 62.2 Å². The number of ether oxygens (including phenoxy) is 1. The number of aromatic amines is 1. The summed E-state index contributed by atoms with van der Waals surface area (Å²) in [6.45, 7) is 12.9. The van der Waals surface area contributed by atoms with E-state index in [1.165, 1.54) is 11.8 Å². The Balaban J connectivity index is 1.50. The Bertz CT molecular complexity index is 1270. The largest absolute Gasteiger partial charge is 0.388 e. The zero-order valence-electron chi connectivity index (χ0n) is 22.7. The Morgan fingerprint density at radius 3 is 2.46 bits per heavy atom. The molecule has 5 rings (SSSR count). The molecule has 1 fully saturated rings. The first-order valence-electron chi connectivity index (χ1n) is 13.3. The molecule has 2 bridgehead atoms. The standard InChI is InChI=1S/C30H38N4O3/c1-18-28(5)13-14-29(6,37-28)19(2)30(18,36)21-7-8-24(34-26(35)25-32-17-22(16-31)33-25)23(15-21)20-9-11-27(3,4)12-10-20/h7-9,13-14,17-19,21,36H,10-12,15H2,1-6H3,(H,32,33)(H,34,35)/t18-,19+,21?,28?,29?,30?. The second-order valence-electron chi connectivity index (χ2n) is 12.5. The van der Waals surface area contributed by atoms with E-state index in [9.17, 15) is 9.90 Å². The summed E-state index contributed by atoms with van der Waals surface area (Å²) in [6, 6.07) is 1.97. The third kappa shape index (κ3) is 4.11. The van der Waals surface area contributed by atoms with Crippen molar-refractivity contribution in [2.24, 2.45) is 23.2 Å². The van der Waals surface area contributed by atoms with Crippen LogP contribution in [0.4, 0.5) is 0 Å². The molecule has 6 atom stereocenters. The number of nitrogens with one attached hydrogen (secondary N) is 2. The van der Waals surface area contributed by atoms with Gasteiger partial charge in [0.15, 0.2) is 5.82 Å². The van der Waals surface area contributed by atoms with Gasteiger partial charge in [0.05, 0.1) is 23.0 Å². The van der Waals surface area contributed by atoms with Gasteiger partial charge in [0, 0.05) is 23.5 Å². The molecular formula is C30H38N4O3. The zero-order valence-corrected chi connectivity index (χ0v) is 22.7. The average Bonchev–Trinajstić information content (AvgIpc) is 3.47. The Morgan fingerprint density at radius 2 is 1.89 bits per heavy atom. The summed E-state index contributed by atoms with van der Waals surface area (Å²) in [4.78, 5) is 19.8. The maximum absolute atomic E-state index is 13.0. The molecule has 196 valence electrons. The maximum atomic E-state index is 13.0. The number of aromatic nitrogens is 2. The van der Waals surface area contributed by atoms with E-state index in [1.807, 2.05) is 12.1 Å². The van der Waals surface area contributed by atoms with Crippen LogP contribution in [0.3, 0.4) is 0 Å². The molecule has 1 aromatic rings. The van der Waals surface area contributed by atoms with Crippen LogP contribution < -0.4 is 5.32 Å². The number of carbonyl (C=O) groups is 1. The van der Waals surface area contributed by atoms with E-state index in [0.29, 0.717) is 6.42 Å². The number of rotatable bonds is 4. The molecule has 4 unspecified atom stereocenters. The molecule has 2 aliphatic carbocycles. The molecule has 4 aliphatic rings. The van der Waals surface area contributed by atoms with E-state index < -0.39 is 16.8 Å². The second kappa shape index (κ2) is 8.54. The number of carbonyl (C=O) groups excluding carboxylic acids is 1. The molecule has 1 saturated heterocycles. The predicted molar refractivity (Wildman–Crippen MR) is 141 cm³/mol. The number of nitriles is 1. The zero-order chi connectivity index (χ0) is 26.8. The highest BCUT2D eigenvalue weighted by Gasteiger charge is 2.64. The van der Waals surface area contributed by atoms with Gasteiger partial charge in [-0.25, -0.2) is 4.98 Å². The van der Waals surface area contributed by atoms with Crippen molar-refractivity contribution in [2.45, 2.75) is 84.0 Å². The molecule has 3 N–H and O–H groups in total. The van der Waals surface area contributed by atoms with Crippen LogP contribution in [0.5, 0.6) is 0 Å². The number of fused-ring (bicyclic) bond motifs is 2. The van der Waals surface area contributed by atoms with Crippen molar-refractivity contribution in [1.82, 2.24) is 15.3 Å². The topological polar surface area (TPSA) is 111 Å². The normalized spacial score (nSPS) is 38.3. The Morgan fingerprint density at radius 1 is 1.22 bits per heavy atom. The Kier molecular flexibility index (Phi) is 5.93. The molecule has 1 amide bonds. The summed E-state index contributed by atoms with van der Waals surface area (Å²) in [5.41, 5.74) is 1.45. The quantitative estimate of drug-likeness (QED) is 0.496. The van der Waals surface area contributed by atoms with Crippen LogP contribution in [0.15, 0.2) is 53.4 Å². The molecule has 7 nitrogen and oxygen atoms in total. The summed E-state index contributed by atoms with van der Waals surface area (Å²) in [6.07, 6.45) is 15.5. The smallest absolute Gasteiger partial charge is 0.291 e. The summed E-state index contributed by atoms with van der Waals surface area (Å²) < 4.78 is 6.47. The minimum atomic E-state index is -1.00. The number of hydrogen-bond donors (Lipinski definition) is 3. The van der Waals surface area contributed by atoms with E-state index in [0.717, 1.165) is 30.5 Å². The number of hydrogen-bond acceptors (Lipinski definition) is 5. The monoisotopic (exact) mass is 502 g/mol. The van der Waals surface area contributed by atoms with E-state index in [1.54, 1.807) is 0 Å². The lowest BCUT2D eigenvalue weighted by Crippen LogP contribution is -2.66. The first-order valence-corrected chi connectivity index (χ1v) is 13.3. The summed E-state index contributed by atoms with van der Waals surface area (Å²) in [5.74, 6) is -0.671. The van der Waals surface area contributed by atoms with E-state index >= 15 is 0 Å². The van der Waals surface area contributed by atoms with E-state index in [2.05, 4.69) is 81.1 Å². The van der Waals surface area contributed by atoms with Crippen LogP contribution in [0.25, 0.3) is 0 Å². The van der Waals surface area contributed by atoms with Crippen LogP contribution in [0.1, 0.15) is 83.5 Å². The molecule has 1 aromatic heterocycles. The van der Waals surface area contributed by atoms with Crippen LogP contribution in [0, 0.1) is 34.5 Å². The summed E-state index contributed by atoms with van der Waals surface area (Å²) in [5, 5.41) is 24.6. The first-order chi connectivity index (χ1) is 17.3. The SMILES string of the molecule is C[C@@H]1C2(C)C=CC(C)(O2)[C@H](C)C1(O)C1C=CC(NC(=O)c2ncc(C#N)[nH]2)=C(C2=CCC(C)(C)CC2)C1. The summed E-state index contributed by atoms with van der Waals surface area (Å²) in [7, 11) is 0. The van der Waals surface area contributed by atoms with Crippen molar-refractivity contribution in [3.05, 3.63) is 64.9 Å². The fourth-order valence-corrected chi connectivity index (χ4v) is 6.75. The van der Waals surface area contributed by atoms with Gasteiger partial charge in [-0.1, -0.05) is 52.0 Å². The molecule has 0 aromatic carbocycles. The van der Waals surface area contributed by atoms with Crippen molar-refractivity contribution in [1.29, 1.82) is 5.26 Å². The molecule has 3 heterocycles. The number of imidazole rings is 1. The summed E-state index contributed by atoms with van der Waals surface area (Å²) >= 11 is 0. The molecule has 7 heteroatoms. The molecule has 37 heavy (non-hydrogen) atoms. The fourth-order valence-electron chi connectivity index (χ4n) is 6.75. The molecule has 0 radical (unpaired) electrons. The van der Waals surface area contributed by atoms with Crippen molar-refractivity contribution < 1.29 is 14.6 Å². The van der Waals surface area contributed by atoms with Crippen molar-refractivity contribution in [3.63, 3.8) is 0 Å². The van der Waals surface area contributed by atoms with Crippen LogP contribution in [-0.4, -0.2) is 37.8 Å². The lowest BCUT2D eigenvalue weighted by Gasteiger charge is -2.58. The number of nitrogens with zero attached hydrogens (tertiary/aromatic N) is 2.